The van der Waals surface area contributed by atoms with Gasteiger partial charge in [0.2, 0.25) is 0 Å². The molecule has 0 bridgehead atoms. The van der Waals surface area contributed by atoms with E-state index in [1.165, 1.54) is 0 Å². The maximum Gasteiger partial charge on any atom is 0.0247 e. The molecule has 0 unspecified atom stereocenters. The molecule has 0 aliphatic carbocycles. The summed E-state index contributed by atoms with van der Waals surface area (Å²) in [6.45, 7) is 0. The van der Waals surface area contributed by atoms with Crippen LogP contribution in [0.5, 0.6) is 0 Å². The van der Waals surface area contributed by atoms with Gasteiger partial charge in [-0.05, 0) is 17.1 Å². The van der Waals surface area contributed by atoms with Crippen molar-refractivity contribution in [2.45, 2.75) is 0 Å². The summed E-state index contributed by atoms with van der Waals surface area (Å²) in [7, 11) is 0. The van der Waals surface area contributed by atoms with Crippen molar-refractivity contribution < 1.29 is 32.7 Å². The van der Waals surface area contributed by atoms with Gasteiger partial charge in [0.05, 0.1) is 0 Å². The molecule has 2 aromatic heterocycles. The van der Waals surface area contributed by atoms with Crippen molar-refractivity contribution in [2.75, 3.05) is 0 Å². The molecule has 0 aliphatic heterocycles. The van der Waals surface area contributed by atoms with Crippen LogP contribution in [0.4, 0.5) is 0 Å². The Morgan fingerprint density at radius 1 is 0.857 bits per heavy atom. The minimum absolute atomic E-state index is 0. The van der Waals surface area contributed by atoms with Gasteiger partial charge >= 0.3 is 0 Å². The number of benzene rings is 2. The molecule has 4 aromatic rings. The van der Waals surface area contributed by atoms with Gasteiger partial charge in [0.25, 0.3) is 0 Å². The van der Waals surface area contributed by atoms with Gasteiger partial charge in [-0.15, -0.1) is 23.6 Å². The zero-order chi connectivity index (χ0) is 13.4. The first-order valence-corrected chi connectivity index (χ1v) is 6.44. The van der Waals surface area contributed by atoms with Crippen LogP contribution < -0.4 is 0 Å². The van der Waals surface area contributed by atoms with Crippen molar-refractivity contribution in [3.05, 3.63) is 73.1 Å². The fourth-order valence-corrected chi connectivity index (χ4v) is 2.43. The van der Waals surface area contributed by atoms with Crippen LogP contribution in [0.3, 0.4) is 0 Å². The summed E-state index contributed by atoms with van der Waals surface area (Å²) in [6.07, 6.45) is 3.60. The van der Waals surface area contributed by atoms with E-state index in [0.29, 0.717) is 0 Å². The standard InChI is InChI=1S/C18H10N2.Y/c1-5-15(16-6-3-11-20-18(16)7-1)13-8-9-17-14(12-13)4-2-10-19-17;/h1-4,6-7,9-12H;/q-2;. The third kappa shape index (κ3) is 2.62. The van der Waals surface area contributed by atoms with Crippen molar-refractivity contribution in [1.29, 1.82) is 0 Å². The predicted octanol–water partition coefficient (Wildman–Crippen LogP) is 4.05. The average molecular weight is 343 g/mol. The first-order chi connectivity index (χ1) is 9.92. The molecule has 2 heterocycles. The Balaban J connectivity index is 0.00000132. The van der Waals surface area contributed by atoms with Gasteiger partial charge in [0.1, 0.15) is 0 Å². The van der Waals surface area contributed by atoms with Gasteiger partial charge in [0.15, 0.2) is 0 Å². The van der Waals surface area contributed by atoms with E-state index in [-0.39, 0.29) is 32.7 Å². The molecule has 21 heavy (non-hydrogen) atoms. The molecule has 0 spiro atoms. The molecule has 0 saturated heterocycles. The van der Waals surface area contributed by atoms with E-state index in [0.717, 1.165) is 32.9 Å². The quantitative estimate of drug-likeness (QED) is 0.488. The molecule has 3 heteroatoms. The Bertz CT molecular complexity index is 913. The van der Waals surface area contributed by atoms with E-state index in [1.54, 1.807) is 12.4 Å². The molecule has 0 saturated carbocycles. The van der Waals surface area contributed by atoms with E-state index in [2.05, 4.69) is 40.3 Å². The Morgan fingerprint density at radius 2 is 1.67 bits per heavy atom. The second-order valence-electron chi connectivity index (χ2n) is 4.61. The first-order valence-electron chi connectivity index (χ1n) is 6.44. The van der Waals surface area contributed by atoms with Crippen LogP contribution in [0.15, 0.2) is 60.9 Å². The van der Waals surface area contributed by atoms with E-state index < -0.39 is 0 Å². The van der Waals surface area contributed by atoms with Gasteiger partial charge in [-0.2, -0.15) is 24.3 Å². The van der Waals surface area contributed by atoms with E-state index in [1.807, 2.05) is 30.3 Å². The zero-order valence-corrected chi connectivity index (χ0v) is 14.1. The Morgan fingerprint density at radius 3 is 2.57 bits per heavy atom. The maximum atomic E-state index is 4.38. The van der Waals surface area contributed by atoms with Gasteiger partial charge < -0.3 is 4.98 Å². The first kappa shape index (κ1) is 14.3. The molecule has 0 atom stereocenters. The minimum Gasteiger partial charge on any atom is -0.305 e. The van der Waals surface area contributed by atoms with Crippen LogP contribution in [-0.2, 0) is 32.7 Å². The molecule has 97 valence electrons. The summed E-state index contributed by atoms with van der Waals surface area (Å²) in [5.41, 5.74) is 3.97. The molecule has 2 aromatic carbocycles. The number of pyridine rings is 2. The summed E-state index contributed by atoms with van der Waals surface area (Å²) < 4.78 is 0. The second-order valence-corrected chi connectivity index (χ2v) is 4.61. The fourth-order valence-electron chi connectivity index (χ4n) is 2.43. The third-order valence-corrected chi connectivity index (χ3v) is 3.38. The van der Waals surface area contributed by atoms with Crippen LogP contribution >= 0.6 is 0 Å². The van der Waals surface area contributed by atoms with Crippen LogP contribution in [0, 0.1) is 12.1 Å². The number of hydrogen-bond acceptors (Lipinski definition) is 2. The minimum atomic E-state index is 0. The number of aromatic nitrogens is 2. The topological polar surface area (TPSA) is 25.8 Å². The SMILES string of the molecule is [Y].[c-]1cc2ncccc2cc1-c1[c-]ccc2ncccc12. The predicted molar refractivity (Wildman–Crippen MR) is 80.2 cm³/mol. The Hall–Kier alpha value is -1.64. The van der Waals surface area contributed by atoms with Gasteiger partial charge in [0, 0.05) is 45.1 Å². The molecule has 0 N–H and O–H groups in total. The van der Waals surface area contributed by atoms with E-state index >= 15 is 0 Å². The fraction of sp³-hybridized carbons (Fsp3) is 0. The molecular formula is C18H10N2Y-2. The second kappa shape index (κ2) is 6.01. The van der Waals surface area contributed by atoms with E-state index in [9.17, 15) is 0 Å². The van der Waals surface area contributed by atoms with Crippen molar-refractivity contribution >= 4 is 21.8 Å². The van der Waals surface area contributed by atoms with Gasteiger partial charge in [-0.25, -0.2) is 11.1 Å². The molecular weight excluding hydrogens is 333 g/mol. The molecule has 2 nitrogen and oxygen atoms in total. The third-order valence-electron chi connectivity index (χ3n) is 3.38. The van der Waals surface area contributed by atoms with Crippen LogP contribution in [0.1, 0.15) is 0 Å². The number of nitrogens with zero attached hydrogens (tertiary/aromatic N) is 2. The summed E-state index contributed by atoms with van der Waals surface area (Å²) in [5.74, 6) is 0. The van der Waals surface area contributed by atoms with Crippen LogP contribution in [0.25, 0.3) is 32.9 Å². The number of hydrogen-bond donors (Lipinski definition) is 0. The summed E-state index contributed by atoms with van der Waals surface area (Å²) >= 11 is 0. The Labute approximate surface area is 148 Å². The van der Waals surface area contributed by atoms with E-state index in [4.69, 9.17) is 0 Å². The smallest absolute Gasteiger partial charge is 0.0247 e. The summed E-state index contributed by atoms with van der Waals surface area (Å²) in [6, 6.07) is 22.5. The zero-order valence-electron chi connectivity index (χ0n) is 11.2. The van der Waals surface area contributed by atoms with Crippen molar-refractivity contribution in [3.8, 4) is 11.1 Å². The summed E-state index contributed by atoms with van der Waals surface area (Å²) in [4.78, 5) is 8.71. The molecule has 0 amide bonds. The summed E-state index contributed by atoms with van der Waals surface area (Å²) in [5, 5.41) is 2.20. The van der Waals surface area contributed by atoms with Crippen LogP contribution in [-0.4, -0.2) is 9.97 Å². The van der Waals surface area contributed by atoms with Crippen LogP contribution in [0.2, 0.25) is 0 Å². The number of rotatable bonds is 1. The van der Waals surface area contributed by atoms with Crippen molar-refractivity contribution in [2.24, 2.45) is 0 Å². The molecule has 0 aliphatic rings. The maximum absolute atomic E-state index is 4.38. The molecule has 0 fully saturated rings. The average Bonchev–Trinajstić information content (AvgIpc) is 2.54. The van der Waals surface area contributed by atoms with Crippen molar-refractivity contribution in [3.63, 3.8) is 0 Å². The molecule has 4 rings (SSSR count). The van der Waals surface area contributed by atoms with Crippen molar-refractivity contribution in [1.82, 2.24) is 9.97 Å². The largest absolute Gasteiger partial charge is 0.305 e. The number of fused-ring (bicyclic) bond motifs is 2. The monoisotopic (exact) mass is 343 g/mol. The van der Waals surface area contributed by atoms with Gasteiger partial charge in [-0.3, -0.25) is 4.98 Å². The normalized spacial score (nSPS) is 10.5. The molecule has 1 radical (unpaired) electrons. The van der Waals surface area contributed by atoms with Gasteiger partial charge in [-0.1, -0.05) is 17.5 Å². The Kier molecular flexibility index (Phi) is 4.09.